The van der Waals surface area contributed by atoms with E-state index < -0.39 is 12.1 Å². The zero-order valence-electron chi connectivity index (χ0n) is 14.1. The number of hydrogen-bond acceptors (Lipinski definition) is 4. The van der Waals surface area contributed by atoms with Crippen LogP contribution in [0.5, 0.6) is 0 Å². The predicted molar refractivity (Wildman–Crippen MR) is 90.4 cm³/mol. The van der Waals surface area contributed by atoms with Crippen molar-refractivity contribution >= 4 is 12.0 Å². The van der Waals surface area contributed by atoms with Crippen molar-refractivity contribution in [3.05, 3.63) is 35.9 Å². The topological polar surface area (TPSA) is 61.9 Å². The lowest BCUT2D eigenvalue weighted by molar-refractivity contribution is -0.125. The van der Waals surface area contributed by atoms with Gasteiger partial charge in [-0.2, -0.15) is 0 Å². The van der Waals surface area contributed by atoms with E-state index in [0.29, 0.717) is 19.1 Å². The highest BCUT2D eigenvalue weighted by atomic mass is 16.6. The van der Waals surface area contributed by atoms with Gasteiger partial charge in [-0.1, -0.05) is 30.3 Å². The van der Waals surface area contributed by atoms with Crippen molar-refractivity contribution in [3.63, 3.8) is 0 Å². The summed E-state index contributed by atoms with van der Waals surface area (Å²) in [5.74, 6) is -0.127. The Morgan fingerprint density at radius 3 is 2.83 bits per heavy atom. The molecule has 2 amide bonds. The van der Waals surface area contributed by atoms with Crippen LogP contribution in [0.4, 0.5) is 4.79 Å². The van der Waals surface area contributed by atoms with Gasteiger partial charge in [0, 0.05) is 12.6 Å². The van der Waals surface area contributed by atoms with Gasteiger partial charge in [-0.15, -0.1) is 0 Å². The molecule has 0 radical (unpaired) electrons. The van der Waals surface area contributed by atoms with E-state index in [1.165, 1.54) is 17.7 Å². The van der Waals surface area contributed by atoms with Crippen molar-refractivity contribution < 1.29 is 14.3 Å². The van der Waals surface area contributed by atoms with E-state index >= 15 is 0 Å². The zero-order chi connectivity index (χ0) is 16.9. The molecule has 0 aliphatic carbocycles. The zero-order valence-corrected chi connectivity index (χ0v) is 14.1. The van der Waals surface area contributed by atoms with E-state index in [4.69, 9.17) is 4.74 Å². The Kier molecular flexibility index (Phi) is 5.35. The molecule has 0 bridgehead atoms. The van der Waals surface area contributed by atoms with Crippen molar-refractivity contribution in [2.75, 3.05) is 26.7 Å². The van der Waals surface area contributed by atoms with Crippen LogP contribution in [0.1, 0.15) is 24.8 Å². The maximum atomic E-state index is 12.4. The van der Waals surface area contributed by atoms with Crippen molar-refractivity contribution in [1.29, 1.82) is 0 Å². The number of nitrogens with one attached hydrogen (secondary N) is 1. The number of nitrogens with zero attached hydrogens (tertiary/aromatic N) is 2. The summed E-state index contributed by atoms with van der Waals surface area (Å²) in [6, 6.07) is 9.66. The van der Waals surface area contributed by atoms with Crippen molar-refractivity contribution in [1.82, 2.24) is 15.1 Å². The third kappa shape index (κ3) is 3.87. The summed E-state index contributed by atoms with van der Waals surface area (Å²) in [4.78, 5) is 28.2. The first-order valence-electron chi connectivity index (χ1n) is 8.60. The number of carbonyl (C=O) groups excluding carboxylic acids is 2. The summed E-state index contributed by atoms with van der Waals surface area (Å²) < 4.78 is 5.09. The van der Waals surface area contributed by atoms with Gasteiger partial charge in [-0.25, -0.2) is 4.79 Å². The van der Waals surface area contributed by atoms with Gasteiger partial charge in [-0.3, -0.25) is 9.69 Å². The highest BCUT2D eigenvalue weighted by molar-refractivity contribution is 5.87. The molecule has 6 nitrogen and oxygen atoms in total. The summed E-state index contributed by atoms with van der Waals surface area (Å²) in [7, 11) is 2.13. The fourth-order valence-electron chi connectivity index (χ4n) is 3.45. The van der Waals surface area contributed by atoms with Gasteiger partial charge in [0.25, 0.3) is 0 Å². The lowest BCUT2D eigenvalue weighted by Gasteiger charge is -2.22. The molecule has 1 aromatic rings. The Morgan fingerprint density at radius 2 is 2.12 bits per heavy atom. The SMILES string of the molecule is CN1CCCC1CCNC(=O)[C@@H]1COC(=O)N1Cc1ccccc1. The van der Waals surface area contributed by atoms with Gasteiger partial charge < -0.3 is 15.0 Å². The van der Waals surface area contributed by atoms with Crippen LogP contribution < -0.4 is 5.32 Å². The van der Waals surface area contributed by atoms with Crippen LogP contribution >= 0.6 is 0 Å². The number of amides is 2. The average molecular weight is 331 g/mol. The number of cyclic esters (lactones) is 1. The molecular formula is C18H25N3O3. The summed E-state index contributed by atoms with van der Waals surface area (Å²) in [6.45, 7) is 2.29. The molecule has 0 saturated carbocycles. The van der Waals surface area contributed by atoms with Gasteiger partial charge in [0.1, 0.15) is 12.6 Å². The number of rotatable bonds is 6. The highest BCUT2D eigenvalue weighted by Crippen LogP contribution is 2.18. The largest absolute Gasteiger partial charge is 0.447 e. The molecule has 2 atom stereocenters. The van der Waals surface area contributed by atoms with Gasteiger partial charge in [0.2, 0.25) is 5.91 Å². The molecule has 24 heavy (non-hydrogen) atoms. The molecule has 0 aromatic heterocycles. The smallest absolute Gasteiger partial charge is 0.410 e. The van der Waals surface area contributed by atoms with Gasteiger partial charge >= 0.3 is 6.09 Å². The molecule has 2 aliphatic rings. The molecule has 0 spiro atoms. The van der Waals surface area contributed by atoms with Crippen LogP contribution in [0.15, 0.2) is 30.3 Å². The van der Waals surface area contributed by atoms with Crippen molar-refractivity contribution in [2.45, 2.75) is 37.9 Å². The second-order valence-electron chi connectivity index (χ2n) is 6.56. The Balaban J connectivity index is 1.52. The first kappa shape index (κ1) is 16.8. The standard InChI is InChI=1S/C18H25N3O3/c1-20-11-5-8-15(20)9-10-19-17(22)16-13-24-18(23)21(16)12-14-6-3-2-4-7-14/h2-4,6-7,15-16H,5,8-13H2,1H3,(H,19,22)/t15?,16-/m0/s1. The Bertz CT molecular complexity index is 578. The van der Waals surface area contributed by atoms with E-state index in [0.717, 1.165) is 18.5 Å². The lowest BCUT2D eigenvalue weighted by Crippen LogP contribution is -2.46. The normalized spacial score (nSPS) is 24.2. The van der Waals surface area contributed by atoms with E-state index in [1.54, 1.807) is 0 Å². The van der Waals surface area contributed by atoms with Gasteiger partial charge in [-0.05, 0) is 38.4 Å². The number of hydrogen-bond donors (Lipinski definition) is 1. The summed E-state index contributed by atoms with van der Waals surface area (Å²) in [6.07, 6.45) is 2.94. The Labute approximate surface area is 142 Å². The summed E-state index contributed by atoms with van der Waals surface area (Å²) >= 11 is 0. The molecule has 2 heterocycles. The first-order chi connectivity index (χ1) is 11.6. The number of carbonyl (C=O) groups is 2. The fourth-order valence-corrected chi connectivity index (χ4v) is 3.45. The van der Waals surface area contributed by atoms with E-state index in [1.807, 2.05) is 30.3 Å². The monoisotopic (exact) mass is 331 g/mol. The van der Waals surface area contributed by atoms with Crippen molar-refractivity contribution in [2.24, 2.45) is 0 Å². The predicted octanol–water partition coefficient (Wildman–Crippen LogP) is 1.61. The van der Waals surface area contributed by atoms with Gasteiger partial charge in [0.15, 0.2) is 0 Å². The van der Waals surface area contributed by atoms with E-state index in [9.17, 15) is 9.59 Å². The molecule has 1 N–H and O–H groups in total. The molecule has 3 rings (SSSR count). The molecule has 2 aliphatic heterocycles. The third-order valence-corrected chi connectivity index (χ3v) is 4.92. The average Bonchev–Trinajstić information content (AvgIpc) is 3.15. The minimum absolute atomic E-state index is 0.126. The number of ether oxygens (including phenoxy) is 1. The number of likely N-dealkylation sites (tertiary alicyclic amines) is 1. The molecule has 2 fully saturated rings. The van der Waals surface area contributed by atoms with E-state index in [-0.39, 0.29) is 12.5 Å². The van der Waals surface area contributed by atoms with Crippen LogP contribution in [0.2, 0.25) is 0 Å². The van der Waals surface area contributed by atoms with Crippen LogP contribution in [-0.4, -0.2) is 60.6 Å². The van der Waals surface area contributed by atoms with E-state index in [2.05, 4.69) is 17.3 Å². The first-order valence-corrected chi connectivity index (χ1v) is 8.60. The quantitative estimate of drug-likeness (QED) is 0.860. The van der Waals surface area contributed by atoms with Gasteiger partial charge in [0.05, 0.1) is 6.54 Å². The molecule has 1 unspecified atom stereocenters. The minimum Gasteiger partial charge on any atom is -0.447 e. The molecule has 2 saturated heterocycles. The summed E-state index contributed by atoms with van der Waals surface area (Å²) in [5, 5.41) is 2.97. The minimum atomic E-state index is -0.543. The maximum absolute atomic E-state index is 12.4. The Hall–Kier alpha value is -2.08. The van der Waals surface area contributed by atoms with Crippen LogP contribution in [0.3, 0.4) is 0 Å². The third-order valence-electron chi connectivity index (χ3n) is 4.92. The molecular weight excluding hydrogens is 306 g/mol. The Morgan fingerprint density at radius 1 is 1.33 bits per heavy atom. The summed E-state index contributed by atoms with van der Waals surface area (Å²) in [5.41, 5.74) is 0.988. The van der Waals surface area contributed by atoms with Crippen LogP contribution in [-0.2, 0) is 16.1 Å². The highest BCUT2D eigenvalue weighted by Gasteiger charge is 2.37. The second kappa shape index (κ2) is 7.66. The fraction of sp³-hybridized carbons (Fsp3) is 0.556. The van der Waals surface area contributed by atoms with Crippen LogP contribution in [0, 0.1) is 0 Å². The van der Waals surface area contributed by atoms with Crippen molar-refractivity contribution in [3.8, 4) is 0 Å². The lowest BCUT2D eigenvalue weighted by atomic mass is 10.1. The van der Waals surface area contributed by atoms with Crippen LogP contribution in [0.25, 0.3) is 0 Å². The maximum Gasteiger partial charge on any atom is 0.410 e. The molecule has 1 aromatic carbocycles. The molecule has 130 valence electrons. The second-order valence-corrected chi connectivity index (χ2v) is 6.56. The molecule has 6 heteroatoms. The number of benzene rings is 1.